The van der Waals surface area contributed by atoms with Gasteiger partial charge in [0.15, 0.2) is 0 Å². The van der Waals surface area contributed by atoms with Gasteiger partial charge in [-0.15, -0.1) is 10.2 Å². The molecule has 1 aliphatic rings. The van der Waals surface area contributed by atoms with Crippen molar-refractivity contribution < 1.29 is 0 Å². The van der Waals surface area contributed by atoms with E-state index in [1.807, 2.05) is 0 Å². The zero-order valence-corrected chi connectivity index (χ0v) is 10.6. The highest BCUT2D eigenvalue weighted by Gasteiger charge is 2.27. The molecule has 1 aromatic carbocycles. The highest BCUT2D eigenvalue weighted by Crippen LogP contribution is 2.33. The van der Waals surface area contributed by atoms with Crippen molar-refractivity contribution in [3.05, 3.63) is 47.0 Å². The predicted molar refractivity (Wildman–Crippen MR) is 70.2 cm³/mol. The van der Waals surface area contributed by atoms with E-state index in [4.69, 9.17) is 5.73 Å². The molecule has 0 amide bonds. The van der Waals surface area contributed by atoms with E-state index >= 15 is 0 Å². The Morgan fingerprint density at radius 2 is 1.89 bits per heavy atom. The van der Waals surface area contributed by atoms with Crippen molar-refractivity contribution in [1.82, 2.24) is 14.8 Å². The summed E-state index contributed by atoms with van der Waals surface area (Å²) in [5.74, 6) is 2.44. The molecule has 0 spiro atoms. The number of hydrogen-bond donors (Lipinski definition) is 1. The summed E-state index contributed by atoms with van der Waals surface area (Å²) < 4.78 is 2.16. The van der Waals surface area contributed by atoms with Crippen molar-refractivity contribution in [3.8, 4) is 0 Å². The SMILES string of the molecule is CCn1c(CN)nnc1C1Cc2ccccc2C1. The number of hydrogen-bond acceptors (Lipinski definition) is 3. The lowest BCUT2D eigenvalue weighted by molar-refractivity contribution is 0.592. The lowest BCUT2D eigenvalue weighted by Crippen LogP contribution is -2.13. The Morgan fingerprint density at radius 1 is 1.22 bits per heavy atom. The van der Waals surface area contributed by atoms with Crippen LogP contribution in [0.1, 0.15) is 35.6 Å². The molecule has 4 nitrogen and oxygen atoms in total. The molecule has 0 unspecified atom stereocenters. The summed E-state index contributed by atoms with van der Waals surface area (Å²) in [6, 6.07) is 8.64. The summed E-state index contributed by atoms with van der Waals surface area (Å²) >= 11 is 0. The molecule has 0 saturated carbocycles. The van der Waals surface area contributed by atoms with E-state index in [0.29, 0.717) is 12.5 Å². The minimum atomic E-state index is 0.454. The molecular formula is C14H18N4. The molecule has 0 fully saturated rings. The monoisotopic (exact) mass is 242 g/mol. The van der Waals surface area contributed by atoms with E-state index in [2.05, 4.69) is 46.0 Å². The van der Waals surface area contributed by atoms with Gasteiger partial charge in [-0.2, -0.15) is 0 Å². The summed E-state index contributed by atoms with van der Waals surface area (Å²) in [7, 11) is 0. The third-order valence-electron chi connectivity index (χ3n) is 3.77. The molecule has 1 heterocycles. The van der Waals surface area contributed by atoms with Gasteiger partial charge in [-0.05, 0) is 30.9 Å². The van der Waals surface area contributed by atoms with Crippen LogP contribution in [0.3, 0.4) is 0 Å². The predicted octanol–water partition coefficient (Wildman–Crippen LogP) is 1.64. The molecule has 0 atom stereocenters. The lowest BCUT2D eigenvalue weighted by atomic mass is 10.1. The summed E-state index contributed by atoms with van der Waals surface area (Å²) in [4.78, 5) is 0. The van der Waals surface area contributed by atoms with Gasteiger partial charge in [0.1, 0.15) is 11.6 Å². The second kappa shape index (κ2) is 4.53. The first-order valence-electron chi connectivity index (χ1n) is 6.52. The van der Waals surface area contributed by atoms with Gasteiger partial charge in [0, 0.05) is 12.5 Å². The van der Waals surface area contributed by atoms with Crippen LogP contribution < -0.4 is 5.73 Å². The molecule has 0 saturated heterocycles. The maximum Gasteiger partial charge on any atom is 0.146 e. The van der Waals surface area contributed by atoms with E-state index in [0.717, 1.165) is 31.0 Å². The number of fused-ring (bicyclic) bond motifs is 1. The number of rotatable bonds is 3. The smallest absolute Gasteiger partial charge is 0.146 e. The molecule has 1 aliphatic carbocycles. The Kier molecular flexibility index (Phi) is 2.88. The molecule has 0 radical (unpaired) electrons. The molecule has 94 valence electrons. The quantitative estimate of drug-likeness (QED) is 0.890. The summed E-state index contributed by atoms with van der Waals surface area (Å²) in [5.41, 5.74) is 8.59. The van der Waals surface area contributed by atoms with Crippen LogP contribution in [0.4, 0.5) is 0 Å². The standard InChI is InChI=1S/C14H18N4/c1-2-18-13(9-15)16-17-14(18)12-7-10-5-3-4-6-11(10)8-12/h3-6,12H,2,7-9,15H2,1H3. The number of nitrogens with zero attached hydrogens (tertiary/aromatic N) is 3. The Balaban J connectivity index is 1.92. The van der Waals surface area contributed by atoms with Gasteiger partial charge in [0.25, 0.3) is 0 Å². The Hall–Kier alpha value is -1.68. The van der Waals surface area contributed by atoms with Crippen molar-refractivity contribution in [2.45, 2.75) is 38.8 Å². The fourth-order valence-electron chi connectivity index (χ4n) is 2.89. The Bertz CT molecular complexity index is 534. The largest absolute Gasteiger partial charge is 0.324 e. The molecule has 1 aromatic heterocycles. The maximum absolute atomic E-state index is 5.70. The molecule has 0 aliphatic heterocycles. The van der Waals surface area contributed by atoms with Crippen molar-refractivity contribution in [3.63, 3.8) is 0 Å². The highest BCUT2D eigenvalue weighted by atomic mass is 15.3. The van der Waals surface area contributed by atoms with Crippen LogP contribution >= 0.6 is 0 Å². The van der Waals surface area contributed by atoms with Crippen molar-refractivity contribution >= 4 is 0 Å². The maximum atomic E-state index is 5.70. The fraction of sp³-hybridized carbons (Fsp3) is 0.429. The molecule has 18 heavy (non-hydrogen) atoms. The fourth-order valence-corrected chi connectivity index (χ4v) is 2.89. The van der Waals surface area contributed by atoms with Gasteiger partial charge in [0.2, 0.25) is 0 Å². The van der Waals surface area contributed by atoms with Crippen LogP contribution in [-0.2, 0) is 25.9 Å². The highest BCUT2D eigenvalue weighted by molar-refractivity contribution is 5.35. The Labute approximate surface area is 107 Å². The van der Waals surface area contributed by atoms with Crippen molar-refractivity contribution in [2.75, 3.05) is 0 Å². The van der Waals surface area contributed by atoms with Gasteiger partial charge < -0.3 is 10.3 Å². The lowest BCUT2D eigenvalue weighted by Gasteiger charge is -2.11. The summed E-state index contributed by atoms with van der Waals surface area (Å²) in [6.07, 6.45) is 2.14. The average molecular weight is 242 g/mol. The van der Waals surface area contributed by atoms with Crippen LogP contribution in [0.15, 0.2) is 24.3 Å². The van der Waals surface area contributed by atoms with Gasteiger partial charge >= 0.3 is 0 Å². The topological polar surface area (TPSA) is 56.7 Å². The Morgan fingerprint density at radius 3 is 2.44 bits per heavy atom. The zero-order valence-electron chi connectivity index (χ0n) is 10.6. The normalized spacial score (nSPS) is 15.0. The summed E-state index contributed by atoms with van der Waals surface area (Å²) in [5, 5.41) is 8.56. The van der Waals surface area contributed by atoms with E-state index in [1.165, 1.54) is 11.1 Å². The zero-order chi connectivity index (χ0) is 12.5. The first-order chi connectivity index (χ1) is 8.83. The molecule has 2 aromatic rings. The summed E-state index contributed by atoms with van der Waals surface area (Å²) in [6.45, 7) is 3.47. The van der Waals surface area contributed by atoms with E-state index in [1.54, 1.807) is 0 Å². The minimum absolute atomic E-state index is 0.454. The second-order valence-electron chi connectivity index (χ2n) is 4.80. The van der Waals surface area contributed by atoms with Crippen LogP contribution in [0.2, 0.25) is 0 Å². The number of benzene rings is 1. The van der Waals surface area contributed by atoms with Crippen LogP contribution in [0.25, 0.3) is 0 Å². The molecule has 4 heteroatoms. The van der Waals surface area contributed by atoms with Gasteiger partial charge in [0.05, 0.1) is 6.54 Å². The van der Waals surface area contributed by atoms with E-state index < -0.39 is 0 Å². The van der Waals surface area contributed by atoms with Crippen molar-refractivity contribution in [1.29, 1.82) is 0 Å². The molecule has 3 rings (SSSR count). The third-order valence-corrected chi connectivity index (χ3v) is 3.77. The van der Waals surface area contributed by atoms with E-state index in [-0.39, 0.29) is 0 Å². The minimum Gasteiger partial charge on any atom is -0.324 e. The van der Waals surface area contributed by atoms with Crippen LogP contribution in [0, 0.1) is 0 Å². The van der Waals surface area contributed by atoms with Gasteiger partial charge in [-0.3, -0.25) is 0 Å². The molecule has 2 N–H and O–H groups in total. The van der Waals surface area contributed by atoms with Gasteiger partial charge in [-0.1, -0.05) is 24.3 Å². The van der Waals surface area contributed by atoms with Gasteiger partial charge in [-0.25, -0.2) is 0 Å². The second-order valence-corrected chi connectivity index (χ2v) is 4.80. The molecule has 0 bridgehead atoms. The number of nitrogens with two attached hydrogens (primary N) is 1. The third kappa shape index (κ3) is 1.73. The first kappa shape index (κ1) is 11.4. The molecular weight excluding hydrogens is 224 g/mol. The average Bonchev–Trinajstić information content (AvgIpc) is 3.00. The van der Waals surface area contributed by atoms with Crippen LogP contribution in [-0.4, -0.2) is 14.8 Å². The van der Waals surface area contributed by atoms with E-state index in [9.17, 15) is 0 Å². The van der Waals surface area contributed by atoms with Crippen molar-refractivity contribution in [2.24, 2.45) is 5.73 Å². The first-order valence-corrected chi connectivity index (χ1v) is 6.52. The van der Waals surface area contributed by atoms with Crippen LogP contribution in [0.5, 0.6) is 0 Å². The number of aromatic nitrogens is 3.